The normalized spacial score (nSPS) is 18.7. The Bertz CT molecular complexity index is 449. The van der Waals surface area contributed by atoms with Crippen molar-refractivity contribution >= 4 is 17.8 Å². The topological polar surface area (TPSA) is 75.2 Å². The van der Waals surface area contributed by atoms with Crippen molar-refractivity contribution in [3.8, 4) is 0 Å². The van der Waals surface area contributed by atoms with Crippen LogP contribution in [0.2, 0.25) is 0 Å². The van der Waals surface area contributed by atoms with E-state index in [1.807, 2.05) is 0 Å². The Morgan fingerprint density at radius 2 is 2.21 bits per heavy atom. The van der Waals surface area contributed by atoms with Crippen molar-refractivity contribution in [3.05, 3.63) is 18.5 Å². The second-order valence-corrected chi connectivity index (χ2v) is 4.66. The fourth-order valence-electron chi connectivity index (χ4n) is 2.09. The quantitative estimate of drug-likeness (QED) is 0.861. The fraction of sp³-hybridized carbons (Fsp3) is 0.538. The highest BCUT2D eigenvalue weighted by Gasteiger charge is 2.34. The van der Waals surface area contributed by atoms with Gasteiger partial charge in [-0.15, -0.1) is 0 Å². The van der Waals surface area contributed by atoms with Crippen molar-refractivity contribution in [1.29, 1.82) is 0 Å². The minimum Gasteiger partial charge on any atom is -0.342 e. The number of amides is 2. The summed E-state index contributed by atoms with van der Waals surface area (Å²) in [4.78, 5) is 33.4. The molecule has 6 heteroatoms. The molecule has 1 aromatic rings. The summed E-state index contributed by atoms with van der Waals surface area (Å²) in [6.07, 6.45) is 5.43. The van der Waals surface area contributed by atoms with Gasteiger partial charge in [0.2, 0.25) is 17.8 Å². The fourth-order valence-corrected chi connectivity index (χ4v) is 2.09. The van der Waals surface area contributed by atoms with Gasteiger partial charge in [-0.3, -0.25) is 14.9 Å². The van der Waals surface area contributed by atoms with Gasteiger partial charge in [-0.25, -0.2) is 9.97 Å². The van der Waals surface area contributed by atoms with Crippen LogP contribution in [-0.4, -0.2) is 39.8 Å². The molecule has 0 bridgehead atoms. The first-order valence-corrected chi connectivity index (χ1v) is 6.56. The van der Waals surface area contributed by atoms with E-state index < -0.39 is 0 Å². The summed E-state index contributed by atoms with van der Waals surface area (Å²) in [5.74, 6) is -0.138. The maximum atomic E-state index is 12.0. The molecule has 1 fully saturated rings. The van der Waals surface area contributed by atoms with Crippen LogP contribution < -0.4 is 5.32 Å². The second kappa shape index (κ2) is 6.26. The van der Waals surface area contributed by atoms with Gasteiger partial charge in [0.15, 0.2) is 0 Å². The Labute approximate surface area is 112 Å². The van der Waals surface area contributed by atoms with Crippen LogP contribution in [0.5, 0.6) is 0 Å². The molecule has 0 spiro atoms. The molecule has 6 nitrogen and oxygen atoms in total. The Hall–Kier alpha value is -1.98. The van der Waals surface area contributed by atoms with E-state index in [-0.39, 0.29) is 30.1 Å². The summed E-state index contributed by atoms with van der Waals surface area (Å²) in [5.41, 5.74) is 0. The van der Waals surface area contributed by atoms with Crippen LogP contribution in [0, 0.1) is 5.92 Å². The molecule has 1 unspecified atom stereocenters. The van der Waals surface area contributed by atoms with Crippen molar-refractivity contribution in [2.45, 2.75) is 26.2 Å². The first kappa shape index (κ1) is 13.5. The number of hydrogen-bond donors (Lipinski definition) is 1. The molecule has 1 aliphatic heterocycles. The molecule has 1 atom stereocenters. The summed E-state index contributed by atoms with van der Waals surface area (Å²) in [5, 5.41) is 2.64. The summed E-state index contributed by atoms with van der Waals surface area (Å²) in [7, 11) is 0. The van der Waals surface area contributed by atoms with Gasteiger partial charge < -0.3 is 4.90 Å². The van der Waals surface area contributed by atoms with Crippen molar-refractivity contribution in [3.63, 3.8) is 0 Å². The molecule has 2 amide bonds. The molecule has 19 heavy (non-hydrogen) atoms. The van der Waals surface area contributed by atoms with E-state index in [9.17, 15) is 9.59 Å². The van der Waals surface area contributed by atoms with Gasteiger partial charge in [0.1, 0.15) is 0 Å². The van der Waals surface area contributed by atoms with E-state index in [1.54, 1.807) is 23.4 Å². The van der Waals surface area contributed by atoms with Gasteiger partial charge in [0.05, 0.1) is 5.92 Å². The summed E-state index contributed by atoms with van der Waals surface area (Å²) in [6.45, 7) is 3.32. The molecule has 102 valence electrons. The van der Waals surface area contributed by atoms with E-state index >= 15 is 0 Å². The van der Waals surface area contributed by atoms with Crippen LogP contribution in [0.3, 0.4) is 0 Å². The lowest BCUT2D eigenvalue weighted by Crippen LogP contribution is -2.29. The second-order valence-electron chi connectivity index (χ2n) is 4.66. The van der Waals surface area contributed by atoms with Crippen molar-refractivity contribution in [1.82, 2.24) is 14.9 Å². The lowest BCUT2D eigenvalue weighted by molar-refractivity contribution is -0.128. The first-order valence-electron chi connectivity index (χ1n) is 6.56. The van der Waals surface area contributed by atoms with Gasteiger partial charge in [0, 0.05) is 31.9 Å². The minimum absolute atomic E-state index is 0.0579. The lowest BCUT2D eigenvalue weighted by Gasteiger charge is -2.15. The number of anilines is 1. The Morgan fingerprint density at radius 3 is 2.89 bits per heavy atom. The molecule has 2 rings (SSSR count). The third kappa shape index (κ3) is 3.49. The number of nitrogens with zero attached hydrogens (tertiary/aromatic N) is 3. The molecule has 0 aromatic carbocycles. The Kier molecular flexibility index (Phi) is 4.43. The highest BCUT2D eigenvalue weighted by Crippen LogP contribution is 2.19. The Balaban J connectivity index is 1.89. The van der Waals surface area contributed by atoms with Crippen molar-refractivity contribution < 1.29 is 9.59 Å². The van der Waals surface area contributed by atoms with Crippen LogP contribution in [0.4, 0.5) is 5.95 Å². The third-order valence-corrected chi connectivity index (χ3v) is 3.17. The van der Waals surface area contributed by atoms with Gasteiger partial charge in [-0.2, -0.15) is 0 Å². The average Bonchev–Trinajstić information content (AvgIpc) is 2.79. The largest absolute Gasteiger partial charge is 0.342 e. The number of unbranched alkanes of at least 4 members (excludes halogenated alkanes) is 1. The zero-order chi connectivity index (χ0) is 13.7. The van der Waals surface area contributed by atoms with Crippen LogP contribution in [0.25, 0.3) is 0 Å². The SMILES string of the molecule is CCCCN1CC(C(=O)Nc2ncccn2)CC1=O. The van der Waals surface area contributed by atoms with Crippen LogP contribution in [0.15, 0.2) is 18.5 Å². The third-order valence-electron chi connectivity index (χ3n) is 3.17. The van der Waals surface area contributed by atoms with Gasteiger partial charge in [0.25, 0.3) is 0 Å². The average molecular weight is 262 g/mol. The zero-order valence-corrected chi connectivity index (χ0v) is 11.0. The summed E-state index contributed by atoms with van der Waals surface area (Å²) in [6, 6.07) is 1.68. The monoisotopic (exact) mass is 262 g/mol. The number of nitrogens with one attached hydrogen (secondary N) is 1. The summed E-state index contributed by atoms with van der Waals surface area (Å²) < 4.78 is 0. The van der Waals surface area contributed by atoms with Gasteiger partial charge in [-0.1, -0.05) is 13.3 Å². The molecule has 1 N–H and O–H groups in total. The molecule has 1 saturated heterocycles. The van der Waals surface area contributed by atoms with Crippen molar-refractivity contribution in [2.24, 2.45) is 5.92 Å². The zero-order valence-electron chi connectivity index (χ0n) is 11.0. The summed E-state index contributed by atoms with van der Waals surface area (Å²) >= 11 is 0. The molecular weight excluding hydrogens is 244 g/mol. The van der Waals surface area contributed by atoms with E-state index in [2.05, 4.69) is 22.2 Å². The van der Waals surface area contributed by atoms with Crippen LogP contribution in [0.1, 0.15) is 26.2 Å². The Morgan fingerprint density at radius 1 is 1.47 bits per heavy atom. The number of hydrogen-bond acceptors (Lipinski definition) is 4. The van der Waals surface area contributed by atoms with Crippen LogP contribution in [-0.2, 0) is 9.59 Å². The van der Waals surface area contributed by atoms with E-state index in [1.165, 1.54) is 0 Å². The maximum absolute atomic E-state index is 12.0. The standard InChI is InChI=1S/C13H18N4O2/c1-2-3-7-17-9-10(8-11(17)18)12(19)16-13-14-5-4-6-15-13/h4-6,10H,2-3,7-9H2,1H3,(H,14,15,16,19). The molecule has 1 aromatic heterocycles. The predicted octanol–water partition coefficient (Wildman–Crippen LogP) is 1.06. The van der Waals surface area contributed by atoms with E-state index in [0.717, 1.165) is 19.4 Å². The van der Waals surface area contributed by atoms with Crippen LogP contribution >= 0.6 is 0 Å². The highest BCUT2D eigenvalue weighted by molar-refractivity contribution is 5.96. The number of carbonyl (C=O) groups is 2. The predicted molar refractivity (Wildman–Crippen MR) is 70.3 cm³/mol. The first-order chi connectivity index (χ1) is 9.20. The molecule has 0 aliphatic carbocycles. The van der Waals surface area contributed by atoms with E-state index in [0.29, 0.717) is 6.54 Å². The van der Waals surface area contributed by atoms with Crippen molar-refractivity contribution in [2.75, 3.05) is 18.4 Å². The minimum atomic E-state index is -0.298. The number of aromatic nitrogens is 2. The number of rotatable bonds is 5. The smallest absolute Gasteiger partial charge is 0.232 e. The lowest BCUT2D eigenvalue weighted by atomic mass is 10.1. The molecule has 0 radical (unpaired) electrons. The highest BCUT2D eigenvalue weighted by atomic mass is 16.2. The molecule has 2 heterocycles. The van der Waals surface area contributed by atoms with E-state index in [4.69, 9.17) is 0 Å². The van der Waals surface area contributed by atoms with Gasteiger partial charge in [-0.05, 0) is 12.5 Å². The van der Waals surface area contributed by atoms with Gasteiger partial charge >= 0.3 is 0 Å². The number of carbonyl (C=O) groups excluding carboxylic acids is 2. The molecule has 1 aliphatic rings. The molecular formula is C13H18N4O2. The number of likely N-dealkylation sites (tertiary alicyclic amines) is 1. The molecule has 0 saturated carbocycles. The maximum Gasteiger partial charge on any atom is 0.232 e.